The summed E-state index contributed by atoms with van der Waals surface area (Å²) in [6.07, 6.45) is 11.2. The highest BCUT2D eigenvalue weighted by Crippen LogP contribution is 2.67. The molecule has 0 N–H and O–H groups in total. The SMILES string of the molecule is CC(=O)O[C@H]1CC[C@@]2(C)C(=CC[C@H]3[C@@H]4CC[C@H](C(=O)S[C@H](C)c5ccc(Cl)cc5)[C@@]4(C)CC[C@@H]32)C1. The molecule has 5 heteroatoms. The Hall–Kier alpha value is -1.26. The molecule has 190 valence electrons. The van der Waals surface area contributed by atoms with Crippen LogP contribution in [0.3, 0.4) is 0 Å². The van der Waals surface area contributed by atoms with Crippen LogP contribution in [0.2, 0.25) is 5.02 Å². The zero-order valence-electron chi connectivity index (χ0n) is 21.5. The van der Waals surface area contributed by atoms with Crippen molar-refractivity contribution in [2.24, 2.45) is 34.5 Å². The summed E-state index contributed by atoms with van der Waals surface area (Å²) in [5.41, 5.74) is 3.03. The maximum Gasteiger partial charge on any atom is 0.302 e. The van der Waals surface area contributed by atoms with Crippen LogP contribution in [-0.2, 0) is 14.3 Å². The minimum Gasteiger partial charge on any atom is -0.462 e. The lowest BCUT2D eigenvalue weighted by molar-refractivity contribution is -0.148. The van der Waals surface area contributed by atoms with E-state index < -0.39 is 0 Å². The molecular weight excluding hydrogens is 476 g/mol. The topological polar surface area (TPSA) is 43.4 Å². The Morgan fingerprint density at radius 2 is 1.80 bits per heavy atom. The van der Waals surface area contributed by atoms with Crippen molar-refractivity contribution in [3.8, 4) is 0 Å². The van der Waals surface area contributed by atoms with E-state index in [2.05, 4.69) is 26.8 Å². The maximum absolute atomic E-state index is 13.6. The summed E-state index contributed by atoms with van der Waals surface area (Å²) in [6, 6.07) is 7.91. The van der Waals surface area contributed by atoms with E-state index in [-0.39, 0.29) is 34.1 Å². The lowest BCUT2D eigenvalue weighted by Crippen LogP contribution is -2.51. The van der Waals surface area contributed by atoms with Gasteiger partial charge in [-0.25, -0.2) is 0 Å². The first-order chi connectivity index (χ1) is 16.6. The Balaban J connectivity index is 1.30. The number of halogens is 1. The van der Waals surface area contributed by atoms with Crippen LogP contribution in [-0.4, -0.2) is 17.2 Å². The number of fused-ring (bicyclic) bond motifs is 5. The van der Waals surface area contributed by atoms with E-state index in [0.29, 0.717) is 22.9 Å². The average molecular weight is 515 g/mol. The van der Waals surface area contributed by atoms with Crippen LogP contribution < -0.4 is 0 Å². The van der Waals surface area contributed by atoms with E-state index >= 15 is 0 Å². The van der Waals surface area contributed by atoms with Crippen LogP contribution in [0.5, 0.6) is 0 Å². The number of thioether (sulfide) groups is 1. The smallest absolute Gasteiger partial charge is 0.302 e. The van der Waals surface area contributed by atoms with E-state index in [1.54, 1.807) is 0 Å². The lowest BCUT2D eigenvalue weighted by atomic mass is 9.47. The summed E-state index contributed by atoms with van der Waals surface area (Å²) in [5.74, 6) is 1.98. The van der Waals surface area contributed by atoms with Crippen LogP contribution in [0.1, 0.15) is 89.9 Å². The number of carbonyl (C=O) groups excluding carboxylic acids is 2. The zero-order valence-corrected chi connectivity index (χ0v) is 23.1. The van der Waals surface area contributed by atoms with Gasteiger partial charge in [-0.15, -0.1) is 0 Å². The van der Waals surface area contributed by atoms with Crippen molar-refractivity contribution >= 4 is 34.4 Å². The monoisotopic (exact) mass is 514 g/mol. The third-order valence-corrected chi connectivity index (χ3v) is 11.7. The summed E-state index contributed by atoms with van der Waals surface area (Å²) < 4.78 is 5.59. The quantitative estimate of drug-likeness (QED) is 0.300. The van der Waals surface area contributed by atoms with Gasteiger partial charge in [-0.3, -0.25) is 9.59 Å². The first kappa shape index (κ1) is 25.4. The molecular formula is C30H39ClO3S. The molecule has 0 aliphatic heterocycles. The predicted molar refractivity (Wildman–Crippen MR) is 143 cm³/mol. The Labute approximate surface area is 219 Å². The standard InChI is InChI=1S/C30H39ClO3S/c1-18(20-5-8-22(31)9-6-20)35-28(33)27-12-11-25-24-10-7-21-17-23(34-19(2)32)13-15-29(21,3)26(24)14-16-30(25,27)4/h5-9,18,23-27H,10-17H2,1-4H3/t18-,23+,24+,25+,26+,27-,29+,30+/m1/s1. The molecule has 3 saturated carbocycles. The van der Waals surface area contributed by atoms with E-state index in [9.17, 15) is 9.59 Å². The minimum absolute atomic E-state index is 0.0466. The fourth-order valence-electron chi connectivity index (χ4n) is 8.41. The van der Waals surface area contributed by atoms with Crippen LogP contribution in [0.15, 0.2) is 35.9 Å². The number of esters is 1. The van der Waals surface area contributed by atoms with Gasteiger partial charge in [-0.1, -0.05) is 61.0 Å². The highest BCUT2D eigenvalue weighted by Gasteiger charge is 2.60. The number of carbonyl (C=O) groups is 2. The number of hydrogen-bond donors (Lipinski definition) is 0. The number of allylic oxidation sites excluding steroid dienone is 1. The molecule has 3 fully saturated rings. The minimum atomic E-state index is -0.161. The summed E-state index contributed by atoms with van der Waals surface area (Å²) in [7, 11) is 0. The molecule has 0 amide bonds. The summed E-state index contributed by atoms with van der Waals surface area (Å²) in [5, 5.41) is 1.26. The third-order valence-electron chi connectivity index (χ3n) is 10.3. The van der Waals surface area contributed by atoms with Gasteiger partial charge in [0.25, 0.3) is 0 Å². The van der Waals surface area contributed by atoms with Gasteiger partial charge in [0.1, 0.15) is 6.10 Å². The van der Waals surface area contributed by atoms with Gasteiger partial charge in [-0.2, -0.15) is 0 Å². The summed E-state index contributed by atoms with van der Waals surface area (Å²) >= 11 is 7.58. The number of ether oxygens (including phenoxy) is 1. The molecule has 3 nitrogen and oxygen atoms in total. The van der Waals surface area contributed by atoms with Crippen molar-refractivity contribution in [1.29, 1.82) is 0 Å². The molecule has 0 spiro atoms. The first-order valence-corrected chi connectivity index (χ1v) is 14.7. The normalized spacial score (nSPS) is 39.0. The largest absolute Gasteiger partial charge is 0.462 e. The van der Waals surface area contributed by atoms with Crippen molar-refractivity contribution in [2.45, 2.75) is 90.4 Å². The second-order valence-corrected chi connectivity index (χ2v) is 13.8. The first-order valence-electron chi connectivity index (χ1n) is 13.4. The molecule has 0 radical (unpaired) electrons. The molecule has 0 unspecified atom stereocenters. The fraction of sp³-hybridized carbons (Fsp3) is 0.667. The molecule has 0 saturated heterocycles. The molecule has 35 heavy (non-hydrogen) atoms. The molecule has 0 heterocycles. The van der Waals surface area contributed by atoms with Crippen LogP contribution >= 0.6 is 23.4 Å². The molecule has 4 aliphatic carbocycles. The van der Waals surface area contributed by atoms with Crippen LogP contribution in [0.4, 0.5) is 0 Å². The Morgan fingerprint density at radius 1 is 1.06 bits per heavy atom. The molecule has 4 aliphatic rings. The van der Waals surface area contributed by atoms with Crippen molar-refractivity contribution < 1.29 is 14.3 Å². The van der Waals surface area contributed by atoms with Crippen molar-refractivity contribution in [3.63, 3.8) is 0 Å². The number of hydrogen-bond acceptors (Lipinski definition) is 4. The summed E-state index contributed by atoms with van der Waals surface area (Å²) in [6.45, 7) is 8.56. The number of rotatable bonds is 4. The van der Waals surface area contributed by atoms with Gasteiger partial charge < -0.3 is 4.74 Å². The van der Waals surface area contributed by atoms with Crippen LogP contribution in [0, 0.1) is 34.5 Å². The van der Waals surface area contributed by atoms with E-state index in [1.165, 1.54) is 42.7 Å². The highest BCUT2D eigenvalue weighted by molar-refractivity contribution is 8.13. The molecule has 0 aromatic heterocycles. The second kappa shape index (κ2) is 9.56. The van der Waals surface area contributed by atoms with Crippen molar-refractivity contribution in [2.75, 3.05) is 0 Å². The third kappa shape index (κ3) is 4.52. The van der Waals surface area contributed by atoms with Gasteiger partial charge >= 0.3 is 5.97 Å². The van der Waals surface area contributed by atoms with Gasteiger partial charge in [0, 0.05) is 29.5 Å². The van der Waals surface area contributed by atoms with Gasteiger partial charge in [0.05, 0.1) is 0 Å². The molecule has 1 aromatic rings. The molecule has 5 rings (SSSR count). The van der Waals surface area contributed by atoms with Crippen molar-refractivity contribution in [1.82, 2.24) is 0 Å². The molecule has 8 atom stereocenters. The zero-order chi connectivity index (χ0) is 25.0. The Morgan fingerprint density at radius 3 is 2.51 bits per heavy atom. The van der Waals surface area contributed by atoms with E-state index in [4.69, 9.17) is 16.3 Å². The van der Waals surface area contributed by atoms with Gasteiger partial charge in [0.15, 0.2) is 5.12 Å². The Bertz CT molecular complexity index is 1020. The van der Waals surface area contributed by atoms with E-state index in [1.807, 2.05) is 24.3 Å². The Kier molecular flexibility index (Phi) is 6.94. The van der Waals surface area contributed by atoms with Gasteiger partial charge in [0.2, 0.25) is 0 Å². The highest BCUT2D eigenvalue weighted by atomic mass is 35.5. The second-order valence-electron chi connectivity index (χ2n) is 12.0. The van der Waals surface area contributed by atoms with Crippen molar-refractivity contribution in [3.05, 3.63) is 46.5 Å². The number of benzene rings is 1. The average Bonchev–Trinajstić information content (AvgIpc) is 3.16. The van der Waals surface area contributed by atoms with Gasteiger partial charge in [-0.05, 0) is 98.1 Å². The maximum atomic E-state index is 13.6. The molecule has 0 bridgehead atoms. The molecule has 1 aromatic carbocycles. The summed E-state index contributed by atoms with van der Waals surface area (Å²) in [4.78, 5) is 25.1. The fourth-order valence-corrected chi connectivity index (χ4v) is 9.73. The lowest BCUT2D eigenvalue weighted by Gasteiger charge is -2.58. The van der Waals surface area contributed by atoms with Crippen LogP contribution in [0.25, 0.3) is 0 Å². The predicted octanol–water partition coefficient (Wildman–Crippen LogP) is 8.17. The van der Waals surface area contributed by atoms with E-state index in [0.717, 1.165) is 43.5 Å².